The highest BCUT2D eigenvalue weighted by Crippen LogP contribution is 2.13. The summed E-state index contributed by atoms with van der Waals surface area (Å²) >= 11 is 0. The number of carbonyl (C=O) groups excluding carboxylic acids is 3. The Balaban J connectivity index is 4.47. The van der Waals surface area contributed by atoms with Gasteiger partial charge in [0.1, 0.15) is 13.2 Å². The fourth-order valence-electron chi connectivity index (χ4n) is 6.46. The SMILES string of the molecule is CC/C=C\C/C=C\C/C=C\CCCCCCCCC(=O)OCC(COC(=O)CCCC/C=C\C/C=C\C/C=C\CC)OC(=O)CCCCC/C=C\CCCCCCCCC. The molecule has 0 amide bonds. The first-order valence-corrected chi connectivity index (χ1v) is 24.6. The van der Waals surface area contributed by atoms with Gasteiger partial charge in [-0.2, -0.15) is 0 Å². The summed E-state index contributed by atoms with van der Waals surface area (Å²) in [7, 11) is 0. The van der Waals surface area contributed by atoms with Crippen molar-refractivity contribution in [3.63, 3.8) is 0 Å². The Kier molecular flexibility index (Phi) is 45.5. The maximum absolute atomic E-state index is 12.8. The van der Waals surface area contributed by atoms with E-state index in [0.717, 1.165) is 122 Å². The van der Waals surface area contributed by atoms with E-state index in [-0.39, 0.29) is 31.1 Å². The molecule has 60 heavy (non-hydrogen) atoms. The number of unbranched alkanes of at least 4 members (excludes halogenated alkanes) is 18. The van der Waals surface area contributed by atoms with Crippen molar-refractivity contribution in [2.75, 3.05) is 13.2 Å². The maximum Gasteiger partial charge on any atom is 0.306 e. The van der Waals surface area contributed by atoms with E-state index in [0.29, 0.717) is 19.3 Å². The number of hydrogen-bond acceptors (Lipinski definition) is 6. The molecule has 0 rings (SSSR count). The van der Waals surface area contributed by atoms with Gasteiger partial charge in [-0.1, -0.05) is 176 Å². The van der Waals surface area contributed by atoms with Crippen LogP contribution >= 0.6 is 0 Å². The third kappa shape index (κ3) is 45.7. The Morgan fingerprint density at radius 1 is 0.350 bits per heavy atom. The van der Waals surface area contributed by atoms with Gasteiger partial charge in [-0.3, -0.25) is 14.4 Å². The summed E-state index contributed by atoms with van der Waals surface area (Å²) in [5, 5.41) is 0. The smallest absolute Gasteiger partial charge is 0.306 e. The van der Waals surface area contributed by atoms with Gasteiger partial charge in [-0.15, -0.1) is 0 Å². The lowest BCUT2D eigenvalue weighted by molar-refractivity contribution is -0.167. The minimum atomic E-state index is -0.804. The monoisotopic (exact) mass is 835 g/mol. The topological polar surface area (TPSA) is 78.9 Å². The maximum atomic E-state index is 12.8. The van der Waals surface area contributed by atoms with Crippen molar-refractivity contribution >= 4 is 17.9 Å². The predicted octanol–water partition coefficient (Wildman–Crippen LogP) is 16.0. The summed E-state index contributed by atoms with van der Waals surface area (Å²) in [6.45, 7) is 6.33. The second-order valence-electron chi connectivity index (χ2n) is 16.0. The van der Waals surface area contributed by atoms with Crippen LogP contribution < -0.4 is 0 Å². The summed E-state index contributed by atoms with van der Waals surface area (Å²) in [6.07, 6.45) is 61.4. The number of hydrogen-bond donors (Lipinski definition) is 0. The molecule has 0 fully saturated rings. The number of esters is 3. The first kappa shape index (κ1) is 56.6. The third-order valence-corrected chi connectivity index (χ3v) is 10.1. The standard InChI is InChI=1S/C54H90O6/c1-4-7-10-13-16-19-22-25-27-28-30-32-35-38-41-44-47-53(56)59-50-51(49-58-52(55)46-43-40-37-34-31-24-21-18-15-12-9-6-3)60-54(57)48-45-42-39-36-33-29-26-23-20-17-14-11-8-5-2/h7,9-10,12,16,18-19,21,25,27,29,31,33-34,51H,4-6,8,11,13-15,17,20,22-24,26,28,30,32,35-50H2,1-3H3/b10-7-,12-9-,19-16-,21-18-,27-25-,33-29-,34-31-. The normalized spacial score (nSPS) is 12.8. The van der Waals surface area contributed by atoms with E-state index in [9.17, 15) is 14.4 Å². The predicted molar refractivity (Wildman–Crippen MR) is 256 cm³/mol. The number of rotatable bonds is 43. The molecule has 0 radical (unpaired) electrons. The van der Waals surface area contributed by atoms with Crippen molar-refractivity contribution in [1.82, 2.24) is 0 Å². The van der Waals surface area contributed by atoms with Crippen LogP contribution in [0.1, 0.15) is 220 Å². The largest absolute Gasteiger partial charge is 0.462 e. The highest BCUT2D eigenvalue weighted by molar-refractivity contribution is 5.71. The zero-order chi connectivity index (χ0) is 43.7. The van der Waals surface area contributed by atoms with Gasteiger partial charge >= 0.3 is 17.9 Å². The van der Waals surface area contributed by atoms with Gasteiger partial charge in [0, 0.05) is 19.3 Å². The molecule has 0 aliphatic carbocycles. The van der Waals surface area contributed by atoms with Crippen LogP contribution in [0.15, 0.2) is 85.1 Å². The molecule has 0 bridgehead atoms. The number of carbonyl (C=O) groups is 3. The Bertz CT molecular complexity index is 1190. The summed E-state index contributed by atoms with van der Waals surface area (Å²) < 4.78 is 16.7. The Morgan fingerprint density at radius 3 is 1.08 bits per heavy atom. The molecule has 0 heterocycles. The minimum absolute atomic E-state index is 0.102. The van der Waals surface area contributed by atoms with Crippen LogP contribution in [0, 0.1) is 0 Å². The Labute approximate surface area is 369 Å². The summed E-state index contributed by atoms with van der Waals surface area (Å²) in [5.41, 5.74) is 0. The lowest BCUT2D eigenvalue weighted by Crippen LogP contribution is -2.30. The molecule has 0 N–H and O–H groups in total. The molecule has 0 saturated carbocycles. The van der Waals surface area contributed by atoms with Crippen molar-refractivity contribution in [2.45, 2.75) is 226 Å². The average Bonchev–Trinajstić information content (AvgIpc) is 3.24. The third-order valence-electron chi connectivity index (χ3n) is 10.1. The van der Waals surface area contributed by atoms with Crippen LogP contribution in [0.5, 0.6) is 0 Å². The van der Waals surface area contributed by atoms with Gasteiger partial charge in [0.25, 0.3) is 0 Å². The molecule has 1 atom stereocenters. The summed E-state index contributed by atoms with van der Waals surface area (Å²) in [5.74, 6) is -0.975. The van der Waals surface area contributed by atoms with Gasteiger partial charge in [0.15, 0.2) is 6.10 Å². The zero-order valence-electron chi connectivity index (χ0n) is 38.9. The fraction of sp³-hybridized carbons (Fsp3) is 0.685. The lowest BCUT2D eigenvalue weighted by atomic mass is 10.1. The first-order chi connectivity index (χ1) is 29.5. The molecule has 0 saturated heterocycles. The Hall–Kier alpha value is -3.41. The van der Waals surface area contributed by atoms with Gasteiger partial charge in [-0.25, -0.2) is 0 Å². The number of ether oxygens (including phenoxy) is 3. The van der Waals surface area contributed by atoms with Crippen LogP contribution in [0.3, 0.4) is 0 Å². The van der Waals surface area contributed by atoms with Crippen LogP contribution in [0.2, 0.25) is 0 Å². The van der Waals surface area contributed by atoms with E-state index in [4.69, 9.17) is 14.2 Å². The molecular formula is C54H90O6. The molecule has 0 aliphatic heterocycles. The van der Waals surface area contributed by atoms with Crippen molar-refractivity contribution in [2.24, 2.45) is 0 Å². The van der Waals surface area contributed by atoms with E-state index in [1.165, 1.54) is 57.8 Å². The molecule has 0 spiro atoms. The van der Waals surface area contributed by atoms with Crippen LogP contribution in [0.4, 0.5) is 0 Å². The Morgan fingerprint density at radius 2 is 0.650 bits per heavy atom. The van der Waals surface area contributed by atoms with Crippen molar-refractivity contribution in [3.8, 4) is 0 Å². The van der Waals surface area contributed by atoms with Gasteiger partial charge in [0.2, 0.25) is 0 Å². The molecule has 342 valence electrons. The molecule has 0 aromatic heterocycles. The molecular weight excluding hydrogens is 745 g/mol. The lowest BCUT2D eigenvalue weighted by Gasteiger charge is -2.18. The molecule has 0 aliphatic rings. The average molecular weight is 835 g/mol. The van der Waals surface area contributed by atoms with Crippen LogP contribution in [0.25, 0.3) is 0 Å². The highest BCUT2D eigenvalue weighted by atomic mass is 16.6. The van der Waals surface area contributed by atoms with Gasteiger partial charge in [0.05, 0.1) is 0 Å². The van der Waals surface area contributed by atoms with Crippen molar-refractivity contribution in [1.29, 1.82) is 0 Å². The van der Waals surface area contributed by atoms with E-state index < -0.39 is 6.10 Å². The summed E-state index contributed by atoms with van der Waals surface area (Å²) in [6, 6.07) is 0. The van der Waals surface area contributed by atoms with E-state index in [2.05, 4.69) is 106 Å². The zero-order valence-corrected chi connectivity index (χ0v) is 38.9. The first-order valence-electron chi connectivity index (χ1n) is 24.6. The van der Waals surface area contributed by atoms with Crippen LogP contribution in [-0.4, -0.2) is 37.2 Å². The number of allylic oxidation sites excluding steroid dienone is 14. The second kappa shape index (κ2) is 48.3. The van der Waals surface area contributed by atoms with Gasteiger partial charge < -0.3 is 14.2 Å². The second-order valence-corrected chi connectivity index (χ2v) is 16.0. The quantitative estimate of drug-likeness (QED) is 0.0263. The van der Waals surface area contributed by atoms with E-state index in [1.54, 1.807) is 0 Å². The molecule has 6 nitrogen and oxygen atoms in total. The van der Waals surface area contributed by atoms with Crippen molar-refractivity contribution < 1.29 is 28.6 Å². The fourth-order valence-corrected chi connectivity index (χ4v) is 6.46. The summed E-state index contributed by atoms with van der Waals surface area (Å²) in [4.78, 5) is 37.9. The molecule has 0 aromatic carbocycles. The van der Waals surface area contributed by atoms with Gasteiger partial charge in [-0.05, 0) is 109 Å². The molecule has 1 unspecified atom stereocenters. The van der Waals surface area contributed by atoms with E-state index >= 15 is 0 Å². The van der Waals surface area contributed by atoms with Crippen molar-refractivity contribution in [3.05, 3.63) is 85.1 Å². The minimum Gasteiger partial charge on any atom is -0.462 e. The van der Waals surface area contributed by atoms with Crippen LogP contribution in [-0.2, 0) is 28.6 Å². The van der Waals surface area contributed by atoms with E-state index in [1.807, 2.05) is 0 Å². The molecule has 6 heteroatoms. The molecule has 0 aromatic rings. The highest BCUT2D eigenvalue weighted by Gasteiger charge is 2.19.